The van der Waals surface area contributed by atoms with E-state index < -0.39 is 24.2 Å². The number of hydrogen-bond acceptors (Lipinski definition) is 3. The van der Waals surface area contributed by atoms with Crippen LogP contribution in [-0.2, 0) is 0 Å². The second-order valence-corrected chi connectivity index (χ2v) is 3.85. The molecular weight excluding hydrogens is 254 g/mol. The Hall–Kier alpha value is -1.81. The minimum absolute atomic E-state index is 0.0864. The molecular formula is C11H9F4NO2. The van der Waals surface area contributed by atoms with Crippen LogP contribution < -0.4 is 4.74 Å². The lowest BCUT2D eigenvalue weighted by Gasteiger charge is -2.26. The van der Waals surface area contributed by atoms with Crippen molar-refractivity contribution in [2.24, 2.45) is 0 Å². The zero-order chi connectivity index (χ0) is 14.0. The van der Waals surface area contributed by atoms with Gasteiger partial charge in [-0.05, 0) is 19.1 Å². The first-order chi connectivity index (χ1) is 8.15. The molecule has 7 heteroatoms. The maximum atomic E-state index is 13.0. The van der Waals surface area contributed by atoms with E-state index in [0.717, 1.165) is 18.2 Å². The average Bonchev–Trinajstić information content (AvgIpc) is 2.24. The van der Waals surface area contributed by atoms with Crippen LogP contribution in [0.15, 0.2) is 18.2 Å². The highest BCUT2D eigenvalue weighted by Crippen LogP contribution is 2.30. The Morgan fingerprint density at radius 2 is 1.94 bits per heavy atom. The molecule has 18 heavy (non-hydrogen) atoms. The van der Waals surface area contributed by atoms with Gasteiger partial charge in [-0.3, -0.25) is 0 Å². The summed E-state index contributed by atoms with van der Waals surface area (Å²) in [5.41, 5.74) is -3.14. The first kappa shape index (κ1) is 14.3. The molecule has 0 bridgehead atoms. The van der Waals surface area contributed by atoms with E-state index in [1.165, 1.54) is 0 Å². The first-order valence-corrected chi connectivity index (χ1v) is 4.78. The van der Waals surface area contributed by atoms with Crippen LogP contribution in [0.1, 0.15) is 12.5 Å². The zero-order valence-electron chi connectivity index (χ0n) is 9.25. The molecule has 1 atom stereocenters. The number of alkyl halides is 3. The van der Waals surface area contributed by atoms with Gasteiger partial charge in [-0.2, -0.15) is 18.4 Å². The third-order valence-corrected chi connectivity index (χ3v) is 2.13. The number of hydrogen-bond donors (Lipinski definition) is 1. The highest BCUT2D eigenvalue weighted by molar-refractivity contribution is 5.37. The topological polar surface area (TPSA) is 53.2 Å². The number of nitriles is 1. The molecule has 1 unspecified atom stereocenters. The lowest BCUT2D eigenvalue weighted by atomic mass is 10.1. The van der Waals surface area contributed by atoms with Crippen LogP contribution in [0.25, 0.3) is 0 Å². The van der Waals surface area contributed by atoms with Gasteiger partial charge in [0.05, 0.1) is 11.6 Å². The lowest BCUT2D eigenvalue weighted by molar-refractivity contribution is -0.260. The Bertz CT molecular complexity index is 477. The largest absolute Gasteiger partial charge is 0.490 e. The van der Waals surface area contributed by atoms with E-state index >= 15 is 0 Å². The maximum Gasteiger partial charge on any atom is 0.420 e. The van der Waals surface area contributed by atoms with Crippen molar-refractivity contribution < 1.29 is 27.4 Å². The molecule has 3 nitrogen and oxygen atoms in total. The number of ether oxygens (including phenoxy) is 1. The van der Waals surface area contributed by atoms with Gasteiger partial charge in [-0.1, -0.05) is 0 Å². The third kappa shape index (κ3) is 3.34. The molecule has 0 aromatic heterocycles. The van der Waals surface area contributed by atoms with Crippen LogP contribution in [0.5, 0.6) is 5.75 Å². The summed E-state index contributed by atoms with van der Waals surface area (Å²) in [7, 11) is 0. The summed E-state index contributed by atoms with van der Waals surface area (Å²) in [6, 6.07) is 4.45. The summed E-state index contributed by atoms with van der Waals surface area (Å²) >= 11 is 0. The lowest BCUT2D eigenvalue weighted by Crippen LogP contribution is -2.47. The first-order valence-electron chi connectivity index (χ1n) is 4.78. The number of benzene rings is 1. The van der Waals surface area contributed by atoms with Gasteiger partial charge in [0.15, 0.2) is 5.60 Å². The molecule has 0 radical (unpaired) electrons. The van der Waals surface area contributed by atoms with Gasteiger partial charge in [0.2, 0.25) is 0 Å². The molecule has 0 aliphatic rings. The highest BCUT2D eigenvalue weighted by Gasteiger charge is 2.50. The van der Waals surface area contributed by atoms with Crippen LogP contribution in [0.4, 0.5) is 17.6 Å². The smallest absolute Gasteiger partial charge is 0.420 e. The summed E-state index contributed by atoms with van der Waals surface area (Å²) in [4.78, 5) is 0. The van der Waals surface area contributed by atoms with Crippen LogP contribution in [0.2, 0.25) is 0 Å². The van der Waals surface area contributed by atoms with Gasteiger partial charge in [-0.25, -0.2) is 4.39 Å². The molecule has 0 spiro atoms. The Labute approximate surface area is 100 Å². The maximum absolute atomic E-state index is 13.0. The summed E-state index contributed by atoms with van der Waals surface area (Å²) < 4.78 is 54.5. The third-order valence-electron chi connectivity index (χ3n) is 2.13. The molecule has 0 aliphatic heterocycles. The van der Waals surface area contributed by atoms with E-state index in [4.69, 9.17) is 10.4 Å². The van der Waals surface area contributed by atoms with Gasteiger partial charge in [0.25, 0.3) is 0 Å². The molecule has 1 N–H and O–H groups in total. The monoisotopic (exact) mass is 263 g/mol. The van der Waals surface area contributed by atoms with Crippen molar-refractivity contribution in [3.8, 4) is 11.8 Å². The van der Waals surface area contributed by atoms with Crippen LogP contribution in [-0.4, -0.2) is 23.5 Å². The molecule has 0 saturated heterocycles. The minimum Gasteiger partial charge on any atom is -0.490 e. The molecule has 0 saturated carbocycles. The van der Waals surface area contributed by atoms with Crippen LogP contribution >= 0.6 is 0 Å². The van der Waals surface area contributed by atoms with Gasteiger partial charge in [0.1, 0.15) is 18.2 Å². The summed E-state index contributed by atoms with van der Waals surface area (Å²) in [5, 5.41) is 17.6. The minimum atomic E-state index is -4.86. The fraction of sp³-hybridized carbons (Fsp3) is 0.364. The van der Waals surface area contributed by atoms with Gasteiger partial charge in [-0.15, -0.1) is 0 Å². The van der Waals surface area contributed by atoms with Crippen molar-refractivity contribution in [1.29, 1.82) is 5.26 Å². The summed E-state index contributed by atoms with van der Waals surface area (Å²) in [6.45, 7) is -0.553. The number of rotatable bonds is 3. The molecule has 1 rings (SSSR count). The van der Waals surface area contributed by atoms with E-state index in [1.54, 1.807) is 6.07 Å². The van der Waals surface area contributed by atoms with Crippen molar-refractivity contribution >= 4 is 0 Å². The van der Waals surface area contributed by atoms with Crippen molar-refractivity contribution in [2.75, 3.05) is 6.61 Å². The second kappa shape index (κ2) is 4.82. The molecule has 0 amide bonds. The predicted octanol–water partition coefficient (Wildman–Crippen LogP) is 2.39. The van der Waals surface area contributed by atoms with E-state index in [-0.39, 0.29) is 11.3 Å². The van der Waals surface area contributed by atoms with Gasteiger partial charge in [0, 0.05) is 6.07 Å². The normalized spacial score (nSPS) is 14.7. The number of nitrogens with zero attached hydrogens (tertiary/aromatic N) is 1. The average molecular weight is 263 g/mol. The van der Waals surface area contributed by atoms with E-state index in [1.807, 2.05) is 0 Å². The molecule has 0 fully saturated rings. The molecule has 1 aromatic carbocycles. The van der Waals surface area contributed by atoms with Crippen molar-refractivity contribution in [1.82, 2.24) is 0 Å². The molecule has 0 aliphatic carbocycles. The molecule has 1 aromatic rings. The summed E-state index contributed by atoms with van der Waals surface area (Å²) in [5.74, 6) is -1.06. The van der Waals surface area contributed by atoms with Crippen molar-refractivity contribution in [3.05, 3.63) is 29.6 Å². The van der Waals surface area contributed by atoms with E-state index in [9.17, 15) is 17.6 Å². The SMILES string of the molecule is CC(O)(COc1cc(F)cc(C#N)c1)C(F)(F)F. The van der Waals surface area contributed by atoms with Gasteiger partial charge >= 0.3 is 6.18 Å². The van der Waals surface area contributed by atoms with Crippen LogP contribution in [0.3, 0.4) is 0 Å². The van der Waals surface area contributed by atoms with E-state index in [0.29, 0.717) is 6.92 Å². The molecule has 0 heterocycles. The fourth-order valence-corrected chi connectivity index (χ4v) is 1.02. The van der Waals surface area contributed by atoms with Crippen molar-refractivity contribution in [3.63, 3.8) is 0 Å². The number of aliphatic hydroxyl groups is 1. The Kier molecular flexibility index (Phi) is 3.82. The Morgan fingerprint density at radius 1 is 1.33 bits per heavy atom. The molecule has 98 valence electrons. The van der Waals surface area contributed by atoms with Gasteiger partial charge < -0.3 is 9.84 Å². The highest BCUT2D eigenvalue weighted by atomic mass is 19.4. The van der Waals surface area contributed by atoms with E-state index in [2.05, 4.69) is 4.74 Å². The number of halogens is 4. The summed E-state index contributed by atoms with van der Waals surface area (Å²) in [6.07, 6.45) is -4.86. The Balaban J connectivity index is 2.82. The quantitative estimate of drug-likeness (QED) is 0.852. The van der Waals surface area contributed by atoms with Crippen molar-refractivity contribution in [2.45, 2.75) is 18.7 Å². The van der Waals surface area contributed by atoms with Crippen LogP contribution in [0, 0.1) is 17.1 Å². The Morgan fingerprint density at radius 3 is 2.44 bits per heavy atom. The zero-order valence-corrected chi connectivity index (χ0v) is 9.25. The predicted molar refractivity (Wildman–Crippen MR) is 53.3 cm³/mol. The fourth-order valence-electron chi connectivity index (χ4n) is 1.02. The standard InChI is InChI=1S/C11H9F4NO2/c1-10(17,11(13,14)15)6-18-9-3-7(5-16)2-8(12)4-9/h2-4,17H,6H2,1H3. The second-order valence-electron chi connectivity index (χ2n) is 3.85.